The monoisotopic (exact) mass is 512 g/mol. The molecule has 0 saturated carbocycles. The van der Waals surface area contributed by atoms with Gasteiger partial charge >= 0.3 is 0 Å². The standard InChI is InChI=1S/C31H32N2O3S/c1-24-18-19-25(2)29(22-24)37(35,36)33(21-20-26-12-6-3-7-13-26)23-30(34)32-31(27-14-8-4-9-15-27)28-16-10-5-11-17-28/h3-19,22,31H,20-21,23H2,1-2H3,(H,32,34). The summed E-state index contributed by atoms with van der Waals surface area (Å²) in [6.07, 6.45) is 0.499. The van der Waals surface area contributed by atoms with Crippen LogP contribution in [0.5, 0.6) is 0 Å². The molecule has 0 aromatic heterocycles. The number of hydrogen-bond donors (Lipinski definition) is 1. The van der Waals surface area contributed by atoms with Crippen LogP contribution in [0.1, 0.15) is 33.9 Å². The van der Waals surface area contributed by atoms with Crippen molar-refractivity contribution in [3.8, 4) is 0 Å². The smallest absolute Gasteiger partial charge is 0.243 e. The number of amides is 1. The summed E-state index contributed by atoms with van der Waals surface area (Å²) in [6.45, 7) is 3.56. The lowest BCUT2D eigenvalue weighted by Crippen LogP contribution is -2.43. The van der Waals surface area contributed by atoms with Gasteiger partial charge in [0.15, 0.2) is 0 Å². The highest BCUT2D eigenvalue weighted by molar-refractivity contribution is 7.89. The van der Waals surface area contributed by atoms with E-state index in [0.29, 0.717) is 12.0 Å². The van der Waals surface area contributed by atoms with Crippen molar-refractivity contribution in [3.05, 3.63) is 137 Å². The topological polar surface area (TPSA) is 66.5 Å². The Morgan fingerprint density at radius 1 is 0.784 bits per heavy atom. The zero-order chi connectivity index (χ0) is 26.3. The highest BCUT2D eigenvalue weighted by Gasteiger charge is 2.29. The minimum absolute atomic E-state index is 0.189. The number of carbonyl (C=O) groups excluding carboxylic acids is 1. The van der Waals surface area contributed by atoms with Crippen LogP contribution in [0.3, 0.4) is 0 Å². The molecule has 4 aromatic rings. The van der Waals surface area contributed by atoms with Gasteiger partial charge in [0.25, 0.3) is 0 Å². The van der Waals surface area contributed by atoms with E-state index in [2.05, 4.69) is 5.32 Å². The summed E-state index contributed by atoms with van der Waals surface area (Å²) >= 11 is 0. The summed E-state index contributed by atoms with van der Waals surface area (Å²) in [5.41, 5.74) is 4.37. The quantitative estimate of drug-likeness (QED) is 0.308. The molecule has 0 radical (unpaired) electrons. The van der Waals surface area contributed by atoms with Crippen molar-refractivity contribution in [1.82, 2.24) is 9.62 Å². The van der Waals surface area contributed by atoms with Gasteiger partial charge in [0.05, 0.1) is 17.5 Å². The Morgan fingerprint density at radius 2 is 1.32 bits per heavy atom. The minimum atomic E-state index is -3.91. The van der Waals surface area contributed by atoms with Crippen molar-refractivity contribution in [2.24, 2.45) is 0 Å². The summed E-state index contributed by atoms with van der Waals surface area (Å²) < 4.78 is 29.0. The second kappa shape index (κ2) is 12.0. The first-order chi connectivity index (χ1) is 17.8. The number of hydrogen-bond acceptors (Lipinski definition) is 3. The molecule has 0 heterocycles. The molecule has 0 aliphatic heterocycles. The predicted octanol–water partition coefficient (Wildman–Crippen LogP) is 5.44. The highest BCUT2D eigenvalue weighted by Crippen LogP contribution is 2.24. The fourth-order valence-electron chi connectivity index (χ4n) is 4.32. The van der Waals surface area contributed by atoms with Gasteiger partial charge in [-0.15, -0.1) is 0 Å². The van der Waals surface area contributed by atoms with Gasteiger partial charge < -0.3 is 5.32 Å². The summed E-state index contributed by atoms with van der Waals surface area (Å²) in [7, 11) is -3.91. The highest BCUT2D eigenvalue weighted by atomic mass is 32.2. The first-order valence-corrected chi connectivity index (χ1v) is 13.8. The van der Waals surface area contributed by atoms with E-state index in [0.717, 1.165) is 22.3 Å². The number of nitrogens with one attached hydrogen (secondary N) is 1. The SMILES string of the molecule is Cc1ccc(C)c(S(=O)(=O)N(CCc2ccccc2)CC(=O)NC(c2ccccc2)c2ccccc2)c1. The zero-order valence-electron chi connectivity index (χ0n) is 21.2. The van der Waals surface area contributed by atoms with Gasteiger partial charge in [-0.05, 0) is 54.2 Å². The Kier molecular flexibility index (Phi) is 8.54. The molecule has 4 aromatic carbocycles. The van der Waals surface area contributed by atoms with Gasteiger partial charge in [-0.25, -0.2) is 8.42 Å². The van der Waals surface area contributed by atoms with Crippen LogP contribution in [-0.4, -0.2) is 31.7 Å². The van der Waals surface area contributed by atoms with Crippen molar-refractivity contribution in [2.75, 3.05) is 13.1 Å². The normalized spacial score (nSPS) is 11.6. The van der Waals surface area contributed by atoms with Crippen LogP contribution in [-0.2, 0) is 21.2 Å². The summed E-state index contributed by atoms with van der Waals surface area (Å²) in [5, 5.41) is 3.08. The lowest BCUT2D eigenvalue weighted by Gasteiger charge is -2.25. The van der Waals surface area contributed by atoms with E-state index in [1.165, 1.54) is 4.31 Å². The maximum Gasteiger partial charge on any atom is 0.243 e. The van der Waals surface area contributed by atoms with E-state index < -0.39 is 16.1 Å². The molecule has 0 unspecified atom stereocenters. The minimum Gasteiger partial charge on any atom is -0.344 e. The summed E-state index contributed by atoms with van der Waals surface area (Å²) in [4.78, 5) is 13.7. The Labute approximate surface area is 219 Å². The molecule has 4 rings (SSSR count). The van der Waals surface area contributed by atoms with Gasteiger partial charge in [0.2, 0.25) is 15.9 Å². The molecule has 6 heteroatoms. The lowest BCUT2D eigenvalue weighted by atomic mass is 9.99. The van der Waals surface area contributed by atoms with Crippen molar-refractivity contribution >= 4 is 15.9 Å². The zero-order valence-corrected chi connectivity index (χ0v) is 22.0. The summed E-state index contributed by atoms with van der Waals surface area (Å²) in [5.74, 6) is -0.361. The maximum absolute atomic E-state index is 13.8. The molecule has 1 N–H and O–H groups in total. The molecule has 1 amide bonds. The maximum atomic E-state index is 13.8. The third-order valence-electron chi connectivity index (χ3n) is 6.35. The average Bonchev–Trinajstić information content (AvgIpc) is 2.92. The molecule has 190 valence electrons. The van der Waals surface area contributed by atoms with Crippen LogP contribution < -0.4 is 5.32 Å². The van der Waals surface area contributed by atoms with Crippen LogP contribution in [0, 0.1) is 13.8 Å². The van der Waals surface area contributed by atoms with Crippen molar-refractivity contribution in [1.29, 1.82) is 0 Å². The Bertz CT molecular complexity index is 1380. The van der Waals surface area contributed by atoms with Crippen LogP contribution in [0.25, 0.3) is 0 Å². The number of aryl methyl sites for hydroxylation is 2. The molecule has 0 spiro atoms. The molecular formula is C31H32N2O3S. The van der Waals surface area contributed by atoms with Crippen LogP contribution in [0.15, 0.2) is 114 Å². The summed E-state index contributed by atoms with van der Waals surface area (Å²) in [6, 6.07) is 34.1. The molecular weight excluding hydrogens is 480 g/mol. The van der Waals surface area contributed by atoms with Gasteiger partial charge in [0, 0.05) is 6.54 Å². The fraction of sp³-hybridized carbons (Fsp3) is 0.194. The Hall–Kier alpha value is -3.74. The number of rotatable bonds is 10. The number of benzene rings is 4. The van der Waals surface area contributed by atoms with Gasteiger partial charge in [-0.3, -0.25) is 4.79 Å². The molecule has 5 nitrogen and oxygen atoms in total. The number of nitrogens with zero attached hydrogens (tertiary/aromatic N) is 1. The average molecular weight is 513 g/mol. The van der Waals surface area contributed by atoms with Crippen molar-refractivity contribution < 1.29 is 13.2 Å². The van der Waals surface area contributed by atoms with Crippen molar-refractivity contribution in [2.45, 2.75) is 31.2 Å². The largest absolute Gasteiger partial charge is 0.344 e. The van der Waals surface area contributed by atoms with Gasteiger partial charge in [-0.2, -0.15) is 4.31 Å². The third-order valence-corrected chi connectivity index (χ3v) is 8.33. The van der Waals surface area contributed by atoms with Crippen LogP contribution in [0.4, 0.5) is 0 Å². The first kappa shape index (κ1) is 26.3. The molecule has 0 saturated heterocycles. The number of carbonyl (C=O) groups is 1. The van der Waals surface area contributed by atoms with E-state index in [-0.39, 0.29) is 23.9 Å². The predicted molar refractivity (Wildman–Crippen MR) is 148 cm³/mol. The lowest BCUT2D eigenvalue weighted by molar-refractivity contribution is -0.121. The van der Waals surface area contributed by atoms with E-state index >= 15 is 0 Å². The molecule has 37 heavy (non-hydrogen) atoms. The fourth-order valence-corrected chi connectivity index (χ4v) is 6.03. The second-order valence-corrected chi connectivity index (χ2v) is 11.1. The first-order valence-electron chi connectivity index (χ1n) is 12.3. The van der Waals surface area contributed by atoms with E-state index in [1.807, 2.05) is 104 Å². The van der Waals surface area contributed by atoms with Crippen LogP contribution >= 0.6 is 0 Å². The van der Waals surface area contributed by atoms with E-state index in [4.69, 9.17) is 0 Å². The second-order valence-electron chi connectivity index (χ2n) is 9.17. The van der Waals surface area contributed by atoms with Crippen LogP contribution in [0.2, 0.25) is 0 Å². The van der Waals surface area contributed by atoms with E-state index in [1.54, 1.807) is 19.1 Å². The molecule has 0 atom stereocenters. The third kappa shape index (κ3) is 6.73. The molecule has 0 bridgehead atoms. The van der Waals surface area contributed by atoms with Gasteiger partial charge in [0.1, 0.15) is 0 Å². The Morgan fingerprint density at radius 3 is 1.89 bits per heavy atom. The molecule has 0 aliphatic rings. The number of sulfonamides is 1. The van der Waals surface area contributed by atoms with Crippen molar-refractivity contribution in [3.63, 3.8) is 0 Å². The Balaban J connectivity index is 1.62. The molecule has 0 fully saturated rings. The molecule has 0 aliphatic carbocycles. The van der Waals surface area contributed by atoms with Gasteiger partial charge in [-0.1, -0.05) is 103 Å². The van der Waals surface area contributed by atoms with E-state index in [9.17, 15) is 13.2 Å².